The molecule has 7 heteroatoms. The van der Waals surface area contributed by atoms with Crippen LogP contribution < -0.4 is 5.32 Å². The van der Waals surface area contributed by atoms with Crippen LogP contribution in [0.5, 0.6) is 0 Å². The second-order valence-electron chi connectivity index (χ2n) is 5.90. The van der Waals surface area contributed by atoms with Crippen LogP contribution in [0.1, 0.15) is 33.6 Å². The molecule has 136 valence electrons. The van der Waals surface area contributed by atoms with E-state index in [0.717, 1.165) is 12.8 Å². The van der Waals surface area contributed by atoms with Gasteiger partial charge >= 0.3 is 0 Å². The maximum Gasteiger partial charge on any atom is 0.242 e. The first-order chi connectivity index (χ1) is 11.3. The number of carbonyl (C=O) groups excluding carboxylic acids is 1. The predicted molar refractivity (Wildman–Crippen MR) is 97.5 cm³/mol. The highest BCUT2D eigenvalue weighted by atomic mass is 79.9. The number of ether oxygens (including phenoxy) is 1. The molecule has 1 rings (SSSR count). The van der Waals surface area contributed by atoms with Crippen LogP contribution in [0.15, 0.2) is 16.7 Å². The summed E-state index contributed by atoms with van der Waals surface area (Å²) in [6, 6.07) is 1.28. The quantitative estimate of drug-likeness (QED) is 0.682. The molecule has 0 fully saturated rings. The van der Waals surface area contributed by atoms with Gasteiger partial charge in [-0.05, 0) is 34.3 Å². The second kappa shape index (κ2) is 9.93. The Morgan fingerprint density at radius 1 is 1.46 bits per heavy atom. The van der Waals surface area contributed by atoms with E-state index in [9.17, 15) is 9.18 Å². The normalized spacial score (nSPS) is 14.8. The van der Waals surface area contributed by atoms with Crippen molar-refractivity contribution in [2.75, 3.05) is 26.0 Å². The number of carbonyl (C=O) groups is 1. The molecule has 0 bridgehead atoms. The van der Waals surface area contributed by atoms with E-state index in [1.54, 1.807) is 19.1 Å². The lowest BCUT2D eigenvalue weighted by molar-refractivity contribution is -0.134. The standard InChI is InChI=1S/C17H27BrFN3O2/c1-6-11(3)16(14(7-2)24-5)22(4)15(23)10-21-17-13(19)8-12(18)9-20-17/h8-9,11,14,16H,6-7,10H2,1-5H3,(H,20,21). The third-order valence-corrected chi connectivity index (χ3v) is 4.80. The molecular weight excluding hydrogens is 377 g/mol. The van der Waals surface area contributed by atoms with Crippen molar-refractivity contribution in [3.63, 3.8) is 0 Å². The molecule has 1 N–H and O–H groups in total. The highest BCUT2D eigenvalue weighted by Gasteiger charge is 2.31. The molecule has 24 heavy (non-hydrogen) atoms. The van der Waals surface area contributed by atoms with Crippen LogP contribution in [-0.4, -0.2) is 48.6 Å². The molecule has 1 heterocycles. The van der Waals surface area contributed by atoms with E-state index in [1.807, 2.05) is 6.92 Å². The SMILES string of the molecule is CCC(C)C(C(CC)OC)N(C)C(=O)CNc1ncc(Br)cc1F. The summed E-state index contributed by atoms with van der Waals surface area (Å²) < 4.78 is 19.9. The zero-order valence-corrected chi connectivity index (χ0v) is 16.6. The first-order valence-electron chi connectivity index (χ1n) is 8.18. The Labute approximate surface area is 152 Å². The van der Waals surface area contributed by atoms with Crippen molar-refractivity contribution >= 4 is 27.7 Å². The highest BCUT2D eigenvalue weighted by molar-refractivity contribution is 9.10. The molecule has 3 atom stereocenters. The summed E-state index contributed by atoms with van der Waals surface area (Å²) in [6.45, 7) is 6.23. The number of likely N-dealkylation sites (N-methyl/N-ethyl adjacent to an activating group) is 1. The number of aromatic nitrogens is 1. The summed E-state index contributed by atoms with van der Waals surface area (Å²) in [5.41, 5.74) is 0. The molecule has 1 amide bonds. The Kier molecular flexibility index (Phi) is 8.62. The molecular formula is C17H27BrFN3O2. The van der Waals surface area contributed by atoms with Gasteiger partial charge in [-0.15, -0.1) is 0 Å². The monoisotopic (exact) mass is 403 g/mol. The number of methoxy groups -OCH3 is 1. The number of hydrogen-bond acceptors (Lipinski definition) is 4. The molecule has 3 unspecified atom stereocenters. The highest BCUT2D eigenvalue weighted by Crippen LogP contribution is 2.21. The van der Waals surface area contributed by atoms with Crippen LogP contribution >= 0.6 is 15.9 Å². The van der Waals surface area contributed by atoms with Crippen molar-refractivity contribution in [1.82, 2.24) is 9.88 Å². The fourth-order valence-corrected chi connectivity index (χ4v) is 3.08. The van der Waals surface area contributed by atoms with Gasteiger partial charge in [0.15, 0.2) is 11.6 Å². The Balaban J connectivity index is 2.79. The largest absolute Gasteiger partial charge is 0.379 e. The van der Waals surface area contributed by atoms with Gasteiger partial charge in [-0.25, -0.2) is 9.37 Å². The third kappa shape index (κ3) is 5.41. The Hall–Kier alpha value is -1.21. The minimum absolute atomic E-state index is 0.0187. The molecule has 0 saturated heterocycles. The second-order valence-corrected chi connectivity index (χ2v) is 6.82. The third-order valence-electron chi connectivity index (χ3n) is 4.37. The molecule has 5 nitrogen and oxygen atoms in total. The summed E-state index contributed by atoms with van der Waals surface area (Å²) >= 11 is 3.15. The van der Waals surface area contributed by atoms with Crippen LogP contribution in [0.25, 0.3) is 0 Å². The minimum Gasteiger partial charge on any atom is -0.379 e. The van der Waals surface area contributed by atoms with Crippen molar-refractivity contribution in [1.29, 1.82) is 0 Å². The number of nitrogens with zero attached hydrogens (tertiary/aromatic N) is 2. The van der Waals surface area contributed by atoms with E-state index < -0.39 is 5.82 Å². The van der Waals surface area contributed by atoms with E-state index >= 15 is 0 Å². The maximum atomic E-state index is 13.8. The minimum atomic E-state index is -0.498. The first kappa shape index (κ1) is 20.8. The van der Waals surface area contributed by atoms with Crippen molar-refractivity contribution in [2.45, 2.75) is 45.8 Å². The van der Waals surface area contributed by atoms with Gasteiger partial charge in [-0.1, -0.05) is 27.2 Å². The lowest BCUT2D eigenvalue weighted by atomic mass is 9.91. The fourth-order valence-electron chi connectivity index (χ4n) is 2.78. The van der Waals surface area contributed by atoms with Crippen LogP contribution in [-0.2, 0) is 9.53 Å². The fraction of sp³-hybridized carbons (Fsp3) is 0.647. The average Bonchev–Trinajstić information content (AvgIpc) is 2.57. The van der Waals surface area contributed by atoms with Crippen molar-refractivity contribution in [3.8, 4) is 0 Å². The van der Waals surface area contributed by atoms with E-state index in [4.69, 9.17) is 4.74 Å². The van der Waals surface area contributed by atoms with E-state index in [2.05, 4.69) is 40.1 Å². The summed E-state index contributed by atoms with van der Waals surface area (Å²) in [7, 11) is 3.44. The number of rotatable bonds is 9. The summed E-state index contributed by atoms with van der Waals surface area (Å²) in [5.74, 6) is -0.258. The number of hydrogen-bond donors (Lipinski definition) is 1. The Bertz CT molecular complexity index is 541. The topological polar surface area (TPSA) is 54.5 Å². The molecule has 0 aromatic carbocycles. The summed E-state index contributed by atoms with van der Waals surface area (Å²) in [4.78, 5) is 18.2. The molecule has 0 aliphatic rings. The molecule has 0 radical (unpaired) electrons. The Morgan fingerprint density at radius 2 is 2.12 bits per heavy atom. The zero-order chi connectivity index (χ0) is 18.3. The molecule has 0 spiro atoms. The van der Waals surface area contributed by atoms with Gasteiger partial charge in [-0.3, -0.25) is 4.79 Å². The molecule has 1 aromatic heterocycles. The zero-order valence-electron chi connectivity index (χ0n) is 15.0. The smallest absolute Gasteiger partial charge is 0.242 e. The van der Waals surface area contributed by atoms with Gasteiger partial charge in [0.2, 0.25) is 5.91 Å². The Morgan fingerprint density at radius 3 is 2.62 bits per heavy atom. The van der Waals surface area contributed by atoms with Gasteiger partial charge in [0.1, 0.15) is 0 Å². The van der Waals surface area contributed by atoms with Crippen molar-refractivity contribution in [2.24, 2.45) is 5.92 Å². The van der Waals surface area contributed by atoms with Gasteiger partial charge in [-0.2, -0.15) is 0 Å². The lowest BCUT2D eigenvalue weighted by Crippen LogP contribution is -2.50. The molecule has 1 aromatic rings. The summed E-state index contributed by atoms with van der Waals surface area (Å²) in [5, 5.41) is 2.77. The van der Waals surface area contributed by atoms with Crippen LogP contribution in [0.2, 0.25) is 0 Å². The van der Waals surface area contributed by atoms with E-state index in [0.29, 0.717) is 10.4 Å². The van der Waals surface area contributed by atoms with Gasteiger partial charge < -0.3 is 15.0 Å². The number of amides is 1. The predicted octanol–water partition coefficient (Wildman–Crippen LogP) is 3.69. The number of anilines is 1. The molecule has 0 aliphatic carbocycles. The van der Waals surface area contributed by atoms with Crippen LogP contribution in [0.3, 0.4) is 0 Å². The molecule has 0 saturated carbocycles. The maximum absolute atomic E-state index is 13.8. The van der Waals surface area contributed by atoms with Crippen LogP contribution in [0, 0.1) is 11.7 Å². The number of pyridine rings is 1. The average molecular weight is 404 g/mol. The van der Waals surface area contributed by atoms with Crippen LogP contribution in [0.4, 0.5) is 10.2 Å². The van der Waals surface area contributed by atoms with E-state index in [1.165, 1.54) is 12.3 Å². The lowest BCUT2D eigenvalue weighted by Gasteiger charge is -2.37. The van der Waals surface area contributed by atoms with Gasteiger partial charge in [0.05, 0.1) is 18.7 Å². The van der Waals surface area contributed by atoms with Crippen molar-refractivity contribution < 1.29 is 13.9 Å². The van der Waals surface area contributed by atoms with E-state index in [-0.39, 0.29) is 30.4 Å². The number of halogens is 2. The van der Waals surface area contributed by atoms with Gasteiger partial charge in [0.25, 0.3) is 0 Å². The van der Waals surface area contributed by atoms with Crippen molar-refractivity contribution in [3.05, 3.63) is 22.6 Å². The summed E-state index contributed by atoms with van der Waals surface area (Å²) in [6.07, 6.45) is 3.22. The van der Waals surface area contributed by atoms with Gasteiger partial charge in [0, 0.05) is 24.8 Å². The number of nitrogens with one attached hydrogen (secondary N) is 1. The molecule has 0 aliphatic heterocycles. The first-order valence-corrected chi connectivity index (χ1v) is 8.98.